The van der Waals surface area contributed by atoms with Crippen molar-refractivity contribution in [3.63, 3.8) is 0 Å². The molecule has 1 unspecified atom stereocenters. The predicted molar refractivity (Wildman–Crippen MR) is 109 cm³/mol. The Labute approximate surface area is 161 Å². The lowest BCUT2D eigenvalue weighted by atomic mass is 10.2. The van der Waals surface area contributed by atoms with E-state index in [0.29, 0.717) is 18.5 Å². The zero-order valence-electron chi connectivity index (χ0n) is 16.2. The minimum absolute atomic E-state index is 0.527. The van der Waals surface area contributed by atoms with Gasteiger partial charge in [0.15, 0.2) is 5.96 Å². The van der Waals surface area contributed by atoms with Crippen LogP contribution in [0.25, 0.3) is 0 Å². The Morgan fingerprint density at radius 2 is 2.04 bits per heavy atom. The summed E-state index contributed by atoms with van der Waals surface area (Å²) >= 11 is 0. The maximum absolute atomic E-state index is 5.17. The number of ether oxygens (including phenoxy) is 1. The van der Waals surface area contributed by atoms with Crippen molar-refractivity contribution in [3.8, 4) is 5.88 Å². The lowest BCUT2D eigenvalue weighted by molar-refractivity contribution is 0.245. The maximum Gasteiger partial charge on any atom is 0.213 e. The molecule has 0 bridgehead atoms. The second-order valence-electron chi connectivity index (χ2n) is 6.73. The van der Waals surface area contributed by atoms with E-state index in [2.05, 4.69) is 55.8 Å². The number of guanidine groups is 1. The molecule has 27 heavy (non-hydrogen) atoms. The van der Waals surface area contributed by atoms with E-state index < -0.39 is 0 Å². The average Bonchev–Trinajstić information content (AvgIpc) is 3.16. The molecule has 1 aliphatic rings. The van der Waals surface area contributed by atoms with Crippen LogP contribution in [0.15, 0.2) is 53.5 Å². The number of nitrogens with one attached hydrogen (secondary N) is 2. The van der Waals surface area contributed by atoms with Crippen LogP contribution in [0, 0.1) is 0 Å². The second kappa shape index (κ2) is 9.92. The van der Waals surface area contributed by atoms with Gasteiger partial charge in [-0.15, -0.1) is 0 Å². The topological polar surface area (TPSA) is 61.8 Å². The zero-order chi connectivity index (χ0) is 18.9. The van der Waals surface area contributed by atoms with Gasteiger partial charge in [0.2, 0.25) is 5.88 Å². The van der Waals surface area contributed by atoms with Crippen LogP contribution >= 0.6 is 0 Å². The van der Waals surface area contributed by atoms with E-state index in [1.54, 1.807) is 14.2 Å². The van der Waals surface area contributed by atoms with Crippen molar-refractivity contribution in [2.75, 3.05) is 27.2 Å². The van der Waals surface area contributed by atoms with E-state index >= 15 is 0 Å². The van der Waals surface area contributed by atoms with Crippen LogP contribution in [-0.2, 0) is 13.1 Å². The summed E-state index contributed by atoms with van der Waals surface area (Å²) in [4.78, 5) is 11.3. The van der Waals surface area contributed by atoms with Gasteiger partial charge in [-0.1, -0.05) is 36.4 Å². The van der Waals surface area contributed by atoms with Crippen LogP contribution in [0.1, 0.15) is 24.1 Å². The molecule has 2 heterocycles. The highest BCUT2D eigenvalue weighted by atomic mass is 16.5. The Bertz CT molecular complexity index is 734. The van der Waals surface area contributed by atoms with Crippen LogP contribution in [-0.4, -0.2) is 49.1 Å². The summed E-state index contributed by atoms with van der Waals surface area (Å²) < 4.78 is 5.17. The molecule has 0 spiro atoms. The number of rotatable bonds is 7. The van der Waals surface area contributed by atoms with Gasteiger partial charge in [0.1, 0.15) is 0 Å². The Kier molecular flexibility index (Phi) is 7.04. The van der Waals surface area contributed by atoms with Gasteiger partial charge in [0.05, 0.1) is 19.3 Å². The number of benzene rings is 1. The fraction of sp³-hybridized carbons (Fsp3) is 0.429. The van der Waals surface area contributed by atoms with Gasteiger partial charge in [0.25, 0.3) is 0 Å². The molecule has 2 N–H and O–H groups in total. The zero-order valence-corrected chi connectivity index (χ0v) is 16.2. The number of methoxy groups -OCH3 is 1. The van der Waals surface area contributed by atoms with Crippen molar-refractivity contribution < 1.29 is 4.74 Å². The first-order chi connectivity index (χ1) is 13.3. The van der Waals surface area contributed by atoms with E-state index in [1.165, 1.54) is 18.4 Å². The van der Waals surface area contributed by atoms with E-state index in [0.717, 1.165) is 31.3 Å². The number of nitrogens with zero attached hydrogens (tertiary/aromatic N) is 3. The fourth-order valence-corrected chi connectivity index (χ4v) is 3.43. The summed E-state index contributed by atoms with van der Waals surface area (Å²) in [7, 11) is 3.42. The van der Waals surface area contributed by atoms with Crippen molar-refractivity contribution in [3.05, 3.63) is 59.8 Å². The van der Waals surface area contributed by atoms with Gasteiger partial charge in [-0.25, -0.2) is 4.98 Å². The highest BCUT2D eigenvalue weighted by molar-refractivity contribution is 5.79. The molecule has 6 heteroatoms. The van der Waals surface area contributed by atoms with Gasteiger partial charge >= 0.3 is 0 Å². The summed E-state index contributed by atoms with van der Waals surface area (Å²) in [5.74, 6) is 1.42. The summed E-state index contributed by atoms with van der Waals surface area (Å²) in [6.07, 6.45) is 2.47. The number of aliphatic imine (C=N–C) groups is 1. The van der Waals surface area contributed by atoms with Crippen LogP contribution < -0.4 is 15.4 Å². The first-order valence-electron chi connectivity index (χ1n) is 9.51. The van der Waals surface area contributed by atoms with Crippen molar-refractivity contribution in [1.82, 2.24) is 20.5 Å². The molecular weight excluding hydrogens is 338 g/mol. The SMILES string of the molecule is CN=C(NCc1cccc(OC)n1)NCC1CCCN1Cc1ccccc1. The molecule has 0 saturated carbocycles. The molecule has 3 rings (SSSR count). The van der Waals surface area contributed by atoms with Gasteiger partial charge < -0.3 is 15.4 Å². The Morgan fingerprint density at radius 3 is 2.81 bits per heavy atom. The smallest absolute Gasteiger partial charge is 0.213 e. The van der Waals surface area contributed by atoms with Crippen LogP contribution in [0.4, 0.5) is 0 Å². The first kappa shape index (κ1) is 19.2. The van der Waals surface area contributed by atoms with E-state index in [9.17, 15) is 0 Å². The standard InChI is InChI=1S/C21H29N5O/c1-22-21(23-14-18-10-6-12-20(25-18)27-2)24-15-19-11-7-13-26(19)16-17-8-4-3-5-9-17/h3-6,8-10,12,19H,7,11,13-16H2,1-2H3,(H2,22,23,24). The molecule has 144 valence electrons. The lowest BCUT2D eigenvalue weighted by Gasteiger charge is -2.25. The van der Waals surface area contributed by atoms with Crippen molar-refractivity contribution in [2.24, 2.45) is 4.99 Å². The van der Waals surface area contributed by atoms with E-state index in [1.807, 2.05) is 18.2 Å². The summed E-state index contributed by atoms with van der Waals surface area (Å²) in [5, 5.41) is 6.79. The third-order valence-corrected chi connectivity index (χ3v) is 4.88. The Balaban J connectivity index is 1.48. The number of aromatic nitrogens is 1. The summed E-state index contributed by atoms with van der Waals surface area (Å²) in [6.45, 7) is 3.65. The summed E-state index contributed by atoms with van der Waals surface area (Å²) in [6, 6.07) is 17.0. The fourth-order valence-electron chi connectivity index (χ4n) is 3.43. The van der Waals surface area contributed by atoms with Crippen molar-refractivity contribution in [2.45, 2.75) is 32.0 Å². The summed E-state index contributed by atoms with van der Waals surface area (Å²) in [5.41, 5.74) is 2.29. The second-order valence-corrected chi connectivity index (χ2v) is 6.73. The molecule has 1 fully saturated rings. The van der Waals surface area contributed by atoms with Crippen LogP contribution in [0.3, 0.4) is 0 Å². The van der Waals surface area contributed by atoms with E-state index in [4.69, 9.17) is 4.74 Å². The maximum atomic E-state index is 5.17. The highest BCUT2D eigenvalue weighted by Gasteiger charge is 2.24. The first-order valence-corrected chi connectivity index (χ1v) is 9.51. The largest absolute Gasteiger partial charge is 0.481 e. The van der Waals surface area contributed by atoms with Crippen molar-refractivity contribution >= 4 is 5.96 Å². The number of hydrogen-bond donors (Lipinski definition) is 2. The molecule has 1 aliphatic heterocycles. The van der Waals surface area contributed by atoms with E-state index in [-0.39, 0.29) is 0 Å². The normalized spacial score (nSPS) is 17.7. The minimum atomic E-state index is 0.527. The van der Waals surface area contributed by atoms with Gasteiger partial charge in [-0.3, -0.25) is 9.89 Å². The predicted octanol–water partition coefficient (Wildman–Crippen LogP) is 2.42. The third-order valence-electron chi connectivity index (χ3n) is 4.88. The molecule has 0 radical (unpaired) electrons. The highest BCUT2D eigenvalue weighted by Crippen LogP contribution is 2.19. The van der Waals surface area contributed by atoms with Crippen LogP contribution in [0.2, 0.25) is 0 Å². The minimum Gasteiger partial charge on any atom is -0.481 e. The molecule has 0 aliphatic carbocycles. The van der Waals surface area contributed by atoms with Gasteiger partial charge in [0, 0.05) is 32.2 Å². The van der Waals surface area contributed by atoms with Gasteiger partial charge in [-0.05, 0) is 31.0 Å². The quantitative estimate of drug-likeness (QED) is 0.581. The molecule has 2 aromatic rings. The molecule has 1 saturated heterocycles. The molecular formula is C21H29N5O. The number of hydrogen-bond acceptors (Lipinski definition) is 4. The Morgan fingerprint density at radius 1 is 1.19 bits per heavy atom. The number of likely N-dealkylation sites (tertiary alicyclic amines) is 1. The molecule has 1 aromatic heterocycles. The monoisotopic (exact) mass is 367 g/mol. The van der Waals surface area contributed by atoms with Gasteiger partial charge in [-0.2, -0.15) is 0 Å². The van der Waals surface area contributed by atoms with Crippen LogP contribution in [0.5, 0.6) is 5.88 Å². The molecule has 6 nitrogen and oxygen atoms in total. The average molecular weight is 367 g/mol. The third kappa shape index (κ3) is 5.69. The molecule has 1 atom stereocenters. The molecule has 0 amide bonds. The Hall–Kier alpha value is -2.60. The lowest BCUT2D eigenvalue weighted by Crippen LogP contribution is -2.44. The number of pyridine rings is 1. The van der Waals surface area contributed by atoms with Crippen molar-refractivity contribution in [1.29, 1.82) is 0 Å². The molecule has 1 aromatic carbocycles.